The van der Waals surface area contributed by atoms with E-state index in [-0.39, 0.29) is 11.4 Å². The molecule has 1 N–H and O–H groups in total. The second-order valence-electron chi connectivity index (χ2n) is 4.02. The molecular weight excluding hydrogens is 224 g/mol. The topological polar surface area (TPSA) is 42.0 Å². The van der Waals surface area contributed by atoms with Crippen LogP contribution < -0.4 is 5.32 Å². The average molecular weight is 241 g/mol. The molecule has 0 spiro atoms. The quantitative estimate of drug-likeness (QED) is 0.804. The predicted octanol–water partition coefficient (Wildman–Crippen LogP) is 2.61. The molecule has 0 aliphatic carbocycles. The Hall–Kier alpha value is -1.09. The van der Waals surface area contributed by atoms with Crippen LogP contribution >= 0.6 is 11.6 Å². The molecule has 0 aliphatic heterocycles. The Morgan fingerprint density at radius 2 is 2.31 bits per heavy atom. The van der Waals surface area contributed by atoms with Crippen molar-refractivity contribution in [3.63, 3.8) is 0 Å². The molecule has 0 aromatic carbocycles. The molecule has 1 heterocycles. The van der Waals surface area contributed by atoms with Crippen LogP contribution in [0.2, 0.25) is 0 Å². The molecule has 4 heteroatoms. The first-order valence-electron chi connectivity index (χ1n) is 5.41. The maximum Gasteiger partial charge on any atom is 0.270 e. The zero-order chi connectivity index (χ0) is 12.0. The van der Waals surface area contributed by atoms with E-state index >= 15 is 0 Å². The summed E-state index contributed by atoms with van der Waals surface area (Å²) in [5.74, 6) is 0.391. The van der Waals surface area contributed by atoms with Crippen LogP contribution in [-0.2, 0) is 0 Å². The van der Waals surface area contributed by atoms with Gasteiger partial charge in [-0.2, -0.15) is 0 Å². The summed E-state index contributed by atoms with van der Waals surface area (Å²) < 4.78 is 0. The van der Waals surface area contributed by atoms with Gasteiger partial charge in [-0.25, -0.2) is 0 Å². The van der Waals surface area contributed by atoms with Crippen LogP contribution in [0.4, 0.5) is 0 Å². The van der Waals surface area contributed by atoms with Gasteiger partial charge in [0.1, 0.15) is 5.69 Å². The highest BCUT2D eigenvalue weighted by atomic mass is 35.5. The van der Waals surface area contributed by atoms with Crippen LogP contribution in [0.3, 0.4) is 0 Å². The highest BCUT2D eigenvalue weighted by molar-refractivity contribution is 6.17. The lowest BCUT2D eigenvalue weighted by atomic mass is 9.95. The Balaban J connectivity index is 2.70. The van der Waals surface area contributed by atoms with Crippen LogP contribution in [0, 0.1) is 0 Å². The lowest BCUT2D eigenvalue weighted by Gasteiger charge is -2.28. The Kier molecular flexibility index (Phi) is 4.74. The third-order valence-electron chi connectivity index (χ3n) is 2.74. The van der Waals surface area contributed by atoms with Crippen molar-refractivity contribution in [1.29, 1.82) is 0 Å². The molecule has 88 valence electrons. The standard InChI is InChI=1S/C12H17ClN2O/c1-3-12(2,7-8-13)15-11(16)10-6-4-5-9-14-10/h4-6,9H,3,7-8H2,1-2H3,(H,15,16). The number of carbonyl (C=O) groups excluding carboxylic acids is 1. The summed E-state index contributed by atoms with van der Waals surface area (Å²) in [4.78, 5) is 15.9. The number of pyridine rings is 1. The van der Waals surface area contributed by atoms with Crippen molar-refractivity contribution in [1.82, 2.24) is 10.3 Å². The number of nitrogens with zero attached hydrogens (tertiary/aromatic N) is 1. The van der Waals surface area contributed by atoms with E-state index in [0.29, 0.717) is 11.6 Å². The molecule has 0 radical (unpaired) electrons. The third-order valence-corrected chi connectivity index (χ3v) is 2.93. The number of aromatic nitrogens is 1. The van der Waals surface area contributed by atoms with E-state index in [1.54, 1.807) is 24.4 Å². The van der Waals surface area contributed by atoms with Crippen LogP contribution in [0.15, 0.2) is 24.4 Å². The molecule has 1 aromatic heterocycles. The minimum Gasteiger partial charge on any atom is -0.346 e. The maximum absolute atomic E-state index is 11.9. The number of alkyl halides is 1. The summed E-state index contributed by atoms with van der Waals surface area (Å²) in [5, 5.41) is 2.97. The number of carbonyl (C=O) groups is 1. The van der Waals surface area contributed by atoms with Gasteiger partial charge in [-0.05, 0) is 31.9 Å². The van der Waals surface area contributed by atoms with Gasteiger partial charge >= 0.3 is 0 Å². The van der Waals surface area contributed by atoms with Gasteiger partial charge in [0.15, 0.2) is 0 Å². The molecule has 0 bridgehead atoms. The second-order valence-corrected chi connectivity index (χ2v) is 4.40. The number of nitrogens with one attached hydrogen (secondary N) is 1. The van der Waals surface area contributed by atoms with Crippen molar-refractivity contribution < 1.29 is 4.79 Å². The van der Waals surface area contributed by atoms with Crippen molar-refractivity contribution in [2.45, 2.75) is 32.2 Å². The number of rotatable bonds is 5. The fourth-order valence-electron chi connectivity index (χ4n) is 1.37. The van der Waals surface area contributed by atoms with Crippen molar-refractivity contribution in [2.24, 2.45) is 0 Å². The fourth-order valence-corrected chi connectivity index (χ4v) is 1.79. The molecule has 0 saturated heterocycles. The smallest absolute Gasteiger partial charge is 0.270 e. The number of hydrogen-bond donors (Lipinski definition) is 1. The Morgan fingerprint density at radius 3 is 2.81 bits per heavy atom. The van der Waals surface area contributed by atoms with E-state index in [9.17, 15) is 4.79 Å². The van der Waals surface area contributed by atoms with E-state index in [0.717, 1.165) is 12.8 Å². The number of hydrogen-bond acceptors (Lipinski definition) is 2. The highest BCUT2D eigenvalue weighted by Crippen LogP contribution is 2.15. The highest BCUT2D eigenvalue weighted by Gasteiger charge is 2.24. The maximum atomic E-state index is 11.9. The van der Waals surface area contributed by atoms with E-state index in [1.165, 1.54) is 0 Å². The van der Waals surface area contributed by atoms with Crippen LogP contribution in [0.25, 0.3) is 0 Å². The van der Waals surface area contributed by atoms with Gasteiger partial charge in [-0.1, -0.05) is 13.0 Å². The van der Waals surface area contributed by atoms with Crippen molar-refractivity contribution in [3.05, 3.63) is 30.1 Å². The van der Waals surface area contributed by atoms with E-state index in [4.69, 9.17) is 11.6 Å². The van der Waals surface area contributed by atoms with Gasteiger partial charge in [0, 0.05) is 17.6 Å². The molecular formula is C12H17ClN2O. The SMILES string of the molecule is CCC(C)(CCCl)NC(=O)c1ccccn1. The summed E-state index contributed by atoms with van der Waals surface area (Å²) in [5.41, 5.74) is 0.188. The van der Waals surface area contributed by atoms with E-state index in [1.807, 2.05) is 13.8 Å². The van der Waals surface area contributed by atoms with Gasteiger partial charge in [-0.15, -0.1) is 11.6 Å². The summed E-state index contributed by atoms with van der Waals surface area (Å²) in [6.45, 7) is 4.03. The van der Waals surface area contributed by atoms with Crippen LogP contribution in [-0.4, -0.2) is 22.3 Å². The molecule has 16 heavy (non-hydrogen) atoms. The van der Waals surface area contributed by atoms with Crippen LogP contribution in [0.5, 0.6) is 0 Å². The number of halogens is 1. The van der Waals surface area contributed by atoms with Gasteiger partial charge in [0.25, 0.3) is 5.91 Å². The van der Waals surface area contributed by atoms with Crippen molar-refractivity contribution in [3.8, 4) is 0 Å². The zero-order valence-corrected chi connectivity index (χ0v) is 10.4. The Morgan fingerprint density at radius 1 is 1.56 bits per heavy atom. The largest absolute Gasteiger partial charge is 0.346 e. The van der Waals surface area contributed by atoms with Gasteiger partial charge in [0.05, 0.1) is 0 Å². The summed E-state index contributed by atoms with van der Waals surface area (Å²) >= 11 is 5.73. The lowest BCUT2D eigenvalue weighted by Crippen LogP contribution is -2.46. The third kappa shape index (κ3) is 3.49. The Bertz CT molecular complexity index is 342. The number of amides is 1. The molecule has 3 nitrogen and oxygen atoms in total. The van der Waals surface area contributed by atoms with Gasteiger partial charge in [-0.3, -0.25) is 9.78 Å². The van der Waals surface area contributed by atoms with E-state index < -0.39 is 0 Å². The molecule has 0 saturated carbocycles. The minimum atomic E-state index is -0.254. The van der Waals surface area contributed by atoms with Gasteiger partial charge < -0.3 is 5.32 Å². The van der Waals surface area contributed by atoms with Crippen molar-refractivity contribution >= 4 is 17.5 Å². The average Bonchev–Trinajstić information content (AvgIpc) is 2.30. The molecule has 1 unspecified atom stereocenters. The zero-order valence-electron chi connectivity index (χ0n) is 9.66. The molecule has 1 amide bonds. The molecule has 0 aliphatic rings. The molecule has 1 rings (SSSR count). The Labute approximate surface area is 101 Å². The first-order chi connectivity index (χ1) is 7.61. The fraction of sp³-hybridized carbons (Fsp3) is 0.500. The van der Waals surface area contributed by atoms with E-state index in [2.05, 4.69) is 10.3 Å². The summed E-state index contributed by atoms with van der Waals surface area (Å²) in [6, 6.07) is 5.29. The molecule has 1 atom stereocenters. The first kappa shape index (κ1) is 13.0. The van der Waals surface area contributed by atoms with Gasteiger partial charge in [0.2, 0.25) is 0 Å². The summed E-state index contributed by atoms with van der Waals surface area (Å²) in [6.07, 6.45) is 3.21. The predicted molar refractivity (Wildman–Crippen MR) is 65.7 cm³/mol. The first-order valence-corrected chi connectivity index (χ1v) is 5.94. The lowest BCUT2D eigenvalue weighted by molar-refractivity contribution is 0.0896. The monoisotopic (exact) mass is 240 g/mol. The normalized spacial score (nSPS) is 14.2. The second kappa shape index (κ2) is 5.85. The van der Waals surface area contributed by atoms with Crippen molar-refractivity contribution in [2.75, 3.05) is 5.88 Å². The molecule has 1 aromatic rings. The summed E-state index contributed by atoms with van der Waals surface area (Å²) in [7, 11) is 0. The minimum absolute atomic E-state index is 0.143. The van der Waals surface area contributed by atoms with Crippen LogP contribution in [0.1, 0.15) is 37.2 Å². The molecule has 0 fully saturated rings.